The molecular formula is C16H16ClF3N4OS. The summed E-state index contributed by atoms with van der Waals surface area (Å²) < 4.78 is 40.3. The van der Waals surface area contributed by atoms with Crippen LogP contribution in [0.3, 0.4) is 0 Å². The van der Waals surface area contributed by atoms with Gasteiger partial charge in [-0.2, -0.15) is 13.2 Å². The Kier molecular flexibility index (Phi) is 5.21. The van der Waals surface area contributed by atoms with Gasteiger partial charge in [-0.15, -0.1) is 10.2 Å². The van der Waals surface area contributed by atoms with Crippen LogP contribution in [0.25, 0.3) is 0 Å². The molecule has 26 heavy (non-hydrogen) atoms. The van der Waals surface area contributed by atoms with Crippen molar-refractivity contribution in [3.63, 3.8) is 0 Å². The summed E-state index contributed by atoms with van der Waals surface area (Å²) in [6, 6.07) is 2.81. The first-order chi connectivity index (χ1) is 12.2. The monoisotopic (exact) mass is 404 g/mol. The van der Waals surface area contributed by atoms with Gasteiger partial charge in [0.05, 0.1) is 21.5 Å². The van der Waals surface area contributed by atoms with E-state index >= 15 is 0 Å². The SMILES string of the molecule is C[C@H](Sc1nnc(C2CC2)n1C)C(=O)Nc1cc(C(F)(F)F)ccc1Cl. The van der Waals surface area contributed by atoms with Gasteiger partial charge in [-0.05, 0) is 38.0 Å². The third-order valence-corrected chi connectivity index (χ3v) is 5.48. The van der Waals surface area contributed by atoms with Crippen LogP contribution in [0.5, 0.6) is 0 Å². The third kappa shape index (κ3) is 4.15. The fraction of sp³-hybridized carbons (Fsp3) is 0.438. The molecule has 1 saturated carbocycles. The van der Waals surface area contributed by atoms with Crippen molar-refractivity contribution < 1.29 is 18.0 Å². The van der Waals surface area contributed by atoms with Crippen molar-refractivity contribution in [1.82, 2.24) is 14.8 Å². The number of anilines is 1. The van der Waals surface area contributed by atoms with Crippen LogP contribution >= 0.6 is 23.4 Å². The number of carbonyl (C=O) groups excluding carboxylic acids is 1. The molecule has 1 amide bonds. The number of amides is 1. The lowest BCUT2D eigenvalue weighted by Crippen LogP contribution is -2.23. The topological polar surface area (TPSA) is 59.8 Å². The molecule has 1 aliphatic carbocycles. The number of benzene rings is 1. The zero-order valence-electron chi connectivity index (χ0n) is 14.0. The summed E-state index contributed by atoms with van der Waals surface area (Å²) >= 11 is 7.10. The largest absolute Gasteiger partial charge is 0.416 e. The van der Waals surface area contributed by atoms with Crippen LogP contribution in [-0.4, -0.2) is 25.9 Å². The maximum atomic E-state index is 12.8. The maximum absolute atomic E-state index is 12.8. The molecule has 1 atom stereocenters. The van der Waals surface area contributed by atoms with Crippen LogP contribution in [-0.2, 0) is 18.0 Å². The Bertz CT molecular complexity index is 835. The van der Waals surface area contributed by atoms with Gasteiger partial charge in [0.25, 0.3) is 0 Å². The lowest BCUT2D eigenvalue weighted by molar-refractivity contribution is -0.137. The van der Waals surface area contributed by atoms with Crippen LogP contribution in [0, 0.1) is 0 Å². The highest BCUT2D eigenvalue weighted by atomic mass is 35.5. The Balaban J connectivity index is 1.69. The zero-order chi connectivity index (χ0) is 19.1. The molecule has 1 fully saturated rings. The van der Waals surface area contributed by atoms with Gasteiger partial charge < -0.3 is 9.88 Å². The summed E-state index contributed by atoms with van der Waals surface area (Å²) in [5, 5.41) is 10.7. The van der Waals surface area contributed by atoms with Gasteiger partial charge in [0.1, 0.15) is 5.82 Å². The van der Waals surface area contributed by atoms with E-state index in [0.29, 0.717) is 11.1 Å². The van der Waals surface area contributed by atoms with E-state index in [1.807, 2.05) is 11.6 Å². The quantitative estimate of drug-likeness (QED) is 0.746. The molecule has 3 rings (SSSR count). The summed E-state index contributed by atoms with van der Waals surface area (Å²) in [5.41, 5.74) is -0.949. The first kappa shape index (κ1) is 19.0. The highest BCUT2D eigenvalue weighted by molar-refractivity contribution is 8.00. The summed E-state index contributed by atoms with van der Waals surface area (Å²) in [6.07, 6.45) is -2.34. The smallest absolute Gasteiger partial charge is 0.324 e. The standard InChI is InChI=1S/C16H16ClF3N4OS/c1-8(26-15-23-22-13(24(15)2)9-3-4-9)14(25)21-12-7-10(16(18,19)20)5-6-11(12)17/h5-9H,3-4H2,1-2H3,(H,21,25)/t8-/m0/s1. The summed E-state index contributed by atoms with van der Waals surface area (Å²) in [7, 11) is 1.84. The van der Waals surface area contributed by atoms with Crippen LogP contribution in [0.1, 0.15) is 37.1 Å². The molecule has 5 nitrogen and oxygen atoms in total. The molecule has 1 heterocycles. The number of halogens is 4. The van der Waals surface area contributed by atoms with Crippen LogP contribution < -0.4 is 5.32 Å². The number of hydrogen-bond acceptors (Lipinski definition) is 4. The lowest BCUT2D eigenvalue weighted by atomic mass is 10.2. The Morgan fingerprint density at radius 3 is 2.69 bits per heavy atom. The summed E-state index contributed by atoms with van der Waals surface area (Å²) in [6.45, 7) is 1.65. The van der Waals surface area contributed by atoms with Crippen molar-refractivity contribution in [3.8, 4) is 0 Å². The molecular weight excluding hydrogens is 389 g/mol. The van der Waals surface area contributed by atoms with Gasteiger partial charge >= 0.3 is 6.18 Å². The molecule has 1 aromatic carbocycles. The Morgan fingerprint density at radius 2 is 2.08 bits per heavy atom. The normalized spacial score (nSPS) is 15.8. The molecule has 10 heteroatoms. The first-order valence-electron chi connectivity index (χ1n) is 7.90. The third-order valence-electron chi connectivity index (χ3n) is 4.01. The minimum Gasteiger partial charge on any atom is -0.324 e. The molecule has 0 saturated heterocycles. The van der Waals surface area contributed by atoms with Crippen molar-refractivity contribution in [2.24, 2.45) is 7.05 Å². The average molecular weight is 405 g/mol. The number of nitrogens with one attached hydrogen (secondary N) is 1. The first-order valence-corrected chi connectivity index (χ1v) is 9.16. The molecule has 1 aromatic heterocycles. The molecule has 0 spiro atoms. The predicted octanol–water partition coefficient (Wildman–Crippen LogP) is 4.48. The number of aromatic nitrogens is 3. The predicted molar refractivity (Wildman–Crippen MR) is 93.4 cm³/mol. The minimum absolute atomic E-state index is 0.0400. The van der Waals surface area contributed by atoms with E-state index < -0.39 is 22.9 Å². The molecule has 0 radical (unpaired) electrons. The van der Waals surface area contributed by atoms with Crippen LogP contribution in [0.15, 0.2) is 23.4 Å². The lowest BCUT2D eigenvalue weighted by Gasteiger charge is -2.14. The van der Waals surface area contributed by atoms with Crippen LogP contribution in [0.2, 0.25) is 5.02 Å². The molecule has 0 unspecified atom stereocenters. The highest BCUT2D eigenvalue weighted by Gasteiger charge is 2.32. The Morgan fingerprint density at radius 1 is 1.38 bits per heavy atom. The van der Waals surface area contributed by atoms with Crippen molar-refractivity contribution in [2.45, 2.75) is 42.3 Å². The number of alkyl halides is 3. The van der Waals surface area contributed by atoms with E-state index in [1.54, 1.807) is 6.92 Å². The molecule has 2 aromatic rings. The van der Waals surface area contributed by atoms with E-state index in [0.717, 1.165) is 36.9 Å². The van der Waals surface area contributed by atoms with Crippen molar-refractivity contribution in [2.75, 3.05) is 5.32 Å². The second-order valence-corrected chi connectivity index (χ2v) is 7.83. The molecule has 1 aliphatic rings. The van der Waals surface area contributed by atoms with E-state index in [2.05, 4.69) is 15.5 Å². The van der Waals surface area contributed by atoms with Gasteiger partial charge in [0, 0.05) is 13.0 Å². The van der Waals surface area contributed by atoms with Crippen molar-refractivity contribution >= 4 is 35.0 Å². The van der Waals surface area contributed by atoms with E-state index in [9.17, 15) is 18.0 Å². The molecule has 0 aliphatic heterocycles. The Hall–Kier alpha value is -1.74. The fourth-order valence-corrected chi connectivity index (χ4v) is 3.36. The van der Waals surface area contributed by atoms with Gasteiger partial charge in [0.15, 0.2) is 5.16 Å². The number of thioether (sulfide) groups is 1. The number of hydrogen-bond donors (Lipinski definition) is 1. The highest BCUT2D eigenvalue weighted by Crippen LogP contribution is 2.40. The number of carbonyl (C=O) groups is 1. The van der Waals surface area contributed by atoms with Crippen molar-refractivity contribution in [1.29, 1.82) is 0 Å². The van der Waals surface area contributed by atoms with Crippen molar-refractivity contribution in [3.05, 3.63) is 34.6 Å². The van der Waals surface area contributed by atoms with E-state index in [-0.39, 0.29) is 10.7 Å². The van der Waals surface area contributed by atoms with Gasteiger partial charge in [0.2, 0.25) is 5.91 Å². The number of nitrogens with zero attached hydrogens (tertiary/aromatic N) is 3. The molecule has 1 N–H and O–H groups in total. The Labute approximate surface area is 157 Å². The molecule has 140 valence electrons. The zero-order valence-corrected chi connectivity index (χ0v) is 15.5. The van der Waals surface area contributed by atoms with Gasteiger partial charge in [-0.25, -0.2) is 0 Å². The average Bonchev–Trinajstić information content (AvgIpc) is 3.33. The fourth-order valence-electron chi connectivity index (χ4n) is 2.37. The molecule has 0 bridgehead atoms. The second-order valence-electron chi connectivity index (χ2n) is 6.12. The summed E-state index contributed by atoms with van der Waals surface area (Å²) in [5.74, 6) is 0.850. The maximum Gasteiger partial charge on any atom is 0.416 e. The van der Waals surface area contributed by atoms with Gasteiger partial charge in [-0.3, -0.25) is 4.79 Å². The van der Waals surface area contributed by atoms with E-state index in [1.165, 1.54) is 11.8 Å². The number of rotatable bonds is 5. The second kappa shape index (κ2) is 7.11. The van der Waals surface area contributed by atoms with Crippen LogP contribution in [0.4, 0.5) is 18.9 Å². The minimum atomic E-state index is -4.51. The van der Waals surface area contributed by atoms with E-state index in [4.69, 9.17) is 11.6 Å². The summed E-state index contributed by atoms with van der Waals surface area (Å²) in [4.78, 5) is 12.4. The van der Waals surface area contributed by atoms with Gasteiger partial charge in [-0.1, -0.05) is 23.4 Å².